The van der Waals surface area contributed by atoms with Crippen LogP contribution in [0.15, 0.2) is 0 Å². The first-order valence-corrected chi connectivity index (χ1v) is 3.33. The predicted molar refractivity (Wildman–Crippen MR) is 39.7 cm³/mol. The first-order valence-electron chi connectivity index (χ1n) is 3.33. The second-order valence-corrected chi connectivity index (χ2v) is 2.09. The third kappa shape index (κ3) is 3.89. The molecule has 0 aliphatic heterocycles. The number of hydrogen-bond acceptors (Lipinski definition) is 6. The highest BCUT2D eigenvalue weighted by Gasteiger charge is 2.16. The third-order valence-corrected chi connectivity index (χ3v) is 1.30. The second kappa shape index (κ2) is 6.05. The summed E-state index contributed by atoms with van der Waals surface area (Å²) >= 11 is 0. The van der Waals surface area contributed by atoms with E-state index in [1.807, 2.05) is 0 Å². The average Bonchev–Trinajstić information content (AvgIpc) is 2.05. The molecule has 0 radical (unpaired) electrons. The zero-order valence-electron chi connectivity index (χ0n) is 6.25. The molecule has 0 saturated carbocycles. The average molecular weight is 162 g/mol. The molecule has 66 valence electrons. The maximum Gasteiger partial charge on any atom is 0.342 e. The van der Waals surface area contributed by atoms with E-state index >= 15 is 0 Å². The number of carbonyl (C=O) groups is 1. The molecule has 0 amide bonds. The van der Waals surface area contributed by atoms with Gasteiger partial charge in [-0.05, 0) is 19.4 Å². The minimum absolute atomic E-state index is 0.510. The Morgan fingerprint density at radius 3 is 2.64 bits per heavy atom. The molecular formula is C5H14N4O2. The van der Waals surface area contributed by atoms with Crippen LogP contribution < -0.4 is 22.9 Å². The molecule has 0 bridgehead atoms. The van der Waals surface area contributed by atoms with Crippen LogP contribution in [-0.2, 0) is 9.63 Å². The largest absolute Gasteiger partial charge is 0.372 e. The molecule has 0 aromatic heterocycles. The SMILES string of the molecule is NCCC[C@H](NN)C(=O)ON. The molecule has 1 atom stereocenters. The van der Waals surface area contributed by atoms with Crippen molar-refractivity contribution >= 4 is 5.97 Å². The van der Waals surface area contributed by atoms with Crippen molar-refractivity contribution in [3.8, 4) is 0 Å². The van der Waals surface area contributed by atoms with Crippen molar-refractivity contribution in [3.63, 3.8) is 0 Å². The van der Waals surface area contributed by atoms with Crippen LogP contribution in [0.1, 0.15) is 12.8 Å². The molecule has 6 heteroatoms. The summed E-state index contributed by atoms with van der Waals surface area (Å²) in [6.07, 6.45) is 1.23. The van der Waals surface area contributed by atoms with Crippen molar-refractivity contribution in [2.45, 2.75) is 18.9 Å². The monoisotopic (exact) mass is 162 g/mol. The van der Waals surface area contributed by atoms with Gasteiger partial charge in [-0.3, -0.25) is 5.84 Å². The summed E-state index contributed by atoms with van der Waals surface area (Å²) in [5.41, 5.74) is 7.50. The highest BCUT2D eigenvalue weighted by Crippen LogP contribution is 1.95. The van der Waals surface area contributed by atoms with Crippen molar-refractivity contribution in [2.24, 2.45) is 17.5 Å². The summed E-state index contributed by atoms with van der Waals surface area (Å²) in [6.45, 7) is 0.510. The molecule has 0 unspecified atom stereocenters. The van der Waals surface area contributed by atoms with Gasteiger partial charge in [0, 0.05) is 0 Å². The molecule has 0 saturated heterocycles. The normalized spacial score (nSPS) is 12.6. The Balaban J connectivity index is 3.65. The van der Waals surface area contributed by atoms with Crippen molar-refractivity contribution in [2.75, 3.05) is 6.54 Å². The van der Waals surface area contributed by atoms with Gasteiger partial charge in [-0.15, -0.1) is 0 Å². The minimum Gasteiger partial charge on any atom is -0.372 e. The fourth-order valence-electron chi connectivity index (χ4n) is 0.673. The molecule has 11 heavy (non-hydrogen) atoms. The highest BCUT2D eigenvalue weighted by molar-refractivity contribution is 5.75. The van der Waals surface area contributed by atoms with E-state index in [1.165, 1.54) is 0 Å². The van der Waals surface area contributed by atoms with Gasteiger partial charge in [-0.1, -0.05) is 0 Å². The van der Waals surface area contributed by atoms with Gasteiger partial charge in [0.1, 0.15) is 6.04 Å². The number of carbonyl (C=O) groups excluding carboxylic acids is 1. The van der Waals surface area contributed by atoms with Crippen LogP contribution in [0.25, 0.3) is 0 Å². The van der Waals surface area contributed by atoms with Crippen LogP contribution in [0.4, 0.5) is 0 Å². The molecule has 6 nitrogen and oxygen atoms in total. The molecule has 0 aliphatic rings. The van der Waals surface area contributed by atoms with Gasteiger partial charge in [0.05, 0.1) is 0 Å². The van der Waals surface area contributed by atoms with Crippen LogP contribution in [0.5, 0.6) is 0 Å². The molecular weight excluding hydrogens is 148 g/mol. The topological polar surface area (TPSA) is 116 Å². The highest BCUT2D eigenvalue weighted by atomic mass is 16.7. The standard InChI is InChI=1S/C5H14N4O2/c6-3-1-2-4(9-7)5(10)11-8/h4,9H,1-3,6-8H2/t4-/m0/s1. The Morgan fingerprint density at radius 1 is 1.64 bits per heavy atom. The van der Waals surface area contributed by atoms with Crippen molar-refractivity contribution in [3.05, 3.63) is 0 Å². The van der Waals surface area contributed by atoms with E-state index in [2.05, 4.69) is 16.2 Å². The lowest BCUT2D eigenvalue weighted by atomic mass is 10.2. The predicted octanol–water partition coefficient (Wildman–Crippen LogP) is -2.03. The summed E-state index contributed by atoms with van der Waals surface area (Å²) in [6, 6.07) is -0.552. The van der Waals surface area contributed by atoms with Gasteiger partial charge in [0.15, 0.2) is 0 Å². The number of hydrogen-bond donors (Lipinski definition) is 4. The molecule has 0 aromatic carbocycles. The molecule has 0 aromatic rings. The van der Waals surface area contributed by atoms with E-state index in [-0.39, 0.29) is 0 Å². The first-order chi connectivity index (χ1) is 5.26. The number of hydrazine groups is 1. The minimum atomic E-state index is -0.569. The quantitative estimate of drug-likeness (QED) is 0.274. The Kier molecular flexibility index (Phi) is 5.67. The first kappa shape index (κ1) is 10.3. The summed E-state index contributed by atoms with van der Waals surface area (Å²) in [5, 5.41) is 0. The summed E-state index contributed by atoms with van der Waals surface area (Å²) in [4.78, 5) is 14.7. The van der Waals surface area contributed by atoms with E-state index in [0.29, 0.717) is 19.4 Å². The maximum absolute atomic E-state index is 10.7. The van der Waals surface area contributed by atoms with E-state index in [1.54, 1.807) is 0 Å². The molecule has 7 N–H and O–H groups in total. The molecule has 0 rings (SSSR count). The Bertz CT molecular complexity index is 119. The van der Waals surface area contributed by atoms with E-state index in [9.17, 15) is 4.79 Å². The van der Waals surface area contributed by atoms with Crippen molar-refractivity contribution < 1.29 is 9.63 Å². The Morgan fingerprint density at radius 2 is 2.27 bits per heavy atom. The fraction of sp³-hybridized carbons (Fsp3) is 0.800. The van der Waals surface area contributed by atoms with Crippen LogP contribution in [0, 0.1) is 0 Å². The Labute approximate surface area is 65.0 Å². The Hall–Kier alpha value is -0.690. The second-order valence-electron chi connectivity index (χ2n) is 2.09. The molecule has 0 spiro atoms. The molecule has 0 aliphatic carbocycles. The zero-order valence-corrected chi connectivity index (χ0v) is 6.25. The van der Waals surface area contributed by atoms with Gasteiger partial charge in [0.25, 0.3) is 0 Å². The van der Waals surface area contributed by atoms with Gasteiger partial charge in [-0.25, -0.2) is 10.2 Å². The summed E-state index contributed by atoms with van der Waals surface area (Å²) in [7, 11) is 0. The van der Waals surface area contributed by atoms with Crippen LogP contribution in [-0.4, -0.2) is 18.6 Å². The zero-order chi connectivity index (χ0) is 8.69. The number of rotatable bonds is 5. The van der Waals surface area contributed by atoms with Crippen LogP contribution in [0.2, 0.25) is 0 Å². The lowest BCUT2D eigenvalue weighted by molar-refractivity contribution is -0.147. The van der Waals surface area contributed by atoms with Gasteiger partial charge in [0.2, 0.25) is 0 Å². The van der Waals surface area contributed by atoms with Gasteiger partial charge in [-0.2, -0.15) is 5.90 Å². The van der Waals surface area contributed by atoms with E-state index in [0.717, 1.165) is 0 Å². The molecule has 0 fully saturated rings. The lowest BCUT2D eigenvalue weighted by Gasteiger charge is -2.10. The van der Waals surface area contributed by atoms with Gasteiger partial charge >= 0.3 is 5.97 Å². The van der Waals surface area contributed by atoms with Crippen molar-refractivity contribution in [1.29, 1.82) is 0 Å². The number of nitrogens with one attached hydrogen (secondary N) is 1. The third-order valence-electron chi connectivity index (χ3n) is 1.30. The van der Waals surface area contributed by atoms with E-state index in [4.69, 9.17) is 11.6 Å². The smallest absolute Gasteiger partial charge is 0.342 e. The summed E-state index contributed by atoms with van der Waals surface area (Å²) < 4.78 is 0. The number of nitrogens with two attached hydrogens (primary N) is 3. The molecule has 0 heterocycles. The van der Waals surface area contributed by atoms with E-state index < -0.39 is 12.0 Å². The van der Waals surface area contributed by atoms with Gasteiger partial charge < -0.3 is 10.6 Å². The maximum atomic E-state index is 10.7. The van der Waals surface area contributed by atoms with Crippen LogP contribution >= 0.6 is 0 Å². The summed E-state index contributed by atoms with van der Waals surface area (Å²) in [5.74, 6) is 9.12. The van der Waals surface area contributed by atoms with Crippen molar-refractivity contribution in [1.82, 2.24) is 5.43 Å². The van der Waals surface area contributed by atoms with Crippen LogP contribution in [0.3, 0.4) is 0 Å². The fourth-order valence-corrected chi connectivity index (χ4v) is 0.673. The lowest BCUT2D eigenvalue weighted by Crippen LogP contribution is -2.43.